The van der Waals surface area contributed by atoms with Gasteiger partial charge in [-0.3, -0.25) is 4.79 Å². The van der Waals surface area contributed by atoms with Gasteiger partial charge in [0.1, 0.15) is 8.28 Å². The Labute approximate surface area is 157 Å². The summed E-state index contributed by atoms with van der Waals surface area (Å²) in [6, 6.07) is 9.89. The molecule has 0 saturated carbocycles. The quantitative estimate of drug-likeness (QED) is 0.246. The molecule has 1 atom stereocenters. The highest BCUT2D eigenvalue weighted by atomic mass is 33.7. The van der Waals surface area contributed by atoms with Gasteiger partial charge in [-0.2, -0.15) is 0 Å². The van der Waals surface area contributed by atoms with E-state index in [9.17, 15) is 4.79 Å². The number of rotatable bonds is 9. The van der Waals surface area contributed by atoms with Gasteiger partial charge in [0.05, 0.1) is 6.61 Å². The second-order valence-corrected chi connectivity index (χ2v) is 12.3. The zero-order chi connectivity index (χ0) is 16.4. The fourth-order valence-corrected chi connectivity index (χ4v) is 8.90. The molecule has 3 nitrogen and oxygen atoms in total. The van der Waals surface area contributed by atoms with Crippen LogP contribution in [-0.2, 0) is 11.2 Å². The number of benzene rings is 1. The Morgan fingerprint density at radius 3 is 2.64 bits per heavy atom. The Hall–Kier alpha value is 0.490. The zero-order valence-corrected chi connectivity index (χ0v) is 16.8. The van der Waals surface area contributed by atoms with Gasteiger partial charge in [-0.05, 0) is 49.4 Å². The maximum atomic E-state index is 12.4. The summed E-state index contributed by atoms with van der Waals surface area (Å²) in [7, 11) is 5.88. The molecule has 2 N–H and O–H groups in total. The minimum absolute atomic E-state index is 0.0660. The maximum absolute atomic E-state index is 12.4. The average molecular weight is 412 g/mol. The van der Waals surface area contributed by atoms with E-state index in [1.165, 1.54) is 41.2 Å². The maximum Gasteiger partial charge on any atom is 0.237 e. The summed E-state index contributed by atoms with van der Waals surface area (Å²) in [6.07, 6.45) is 0.610. The van der Waals surface area contributed by atoms with Crippen LogP contribution in [0, 0.1) is 0 Å². The number of thiol groups is 1. The normalized spacial score (nSPS) is 13.4. The van der Waals surface area contributed by atoms with Crippen LogP contribution in [-0.4, -0.2) is 32.4 Å². The number of amides is 1. The summed E-state index contributed by atoms with van der Waals surface area (Å²) in [5.74, 6) is -0.0815. The molecule has 0 radical (unpaired) electrons. The summed E-state index contributed by atoms with van der Waals surface area (Å²) in [4.78, 5) is 12.4. The van der Waals surface area contributed by atoms with Crippen LogP contribution in [0.25, 0.3) is 0 Å². The molecule has 0 saturated heterocycles. The van der Waals surface area contributed by atoms with Crippen LogP contribution in [0.2, 0.25) is 0 Å². The number of thiocarbonyl (C=S) groups is 1. The standard InChI is InChI=1S/C13H17NO2S6/c1-13(11(16)14-7-8-15,20-22-21-19-12(17)18)9-10-5-3-2-4-6-10/h2-6,15H,7-9H2,1H3,(H,14,16)(H,17,18). The van der Waals surface area contributed by atoms with E-state index in [-0.39, 0.29) is 19.1 Å². The molecule has 0 aliphatic heterocycles. The Morgan fingerprint density at radius 2 is 2.05 bits per heavy atom. The fourth-order valence-electron chi connectivity index (χ4n) is 1.62. The third-order valence-electron chi connectivity index (χ3n) is 2.61. The van der Waals surface area contributed by atoms with Gasteiger partial charge in [0, 0.05) is 6.54 Å². The van der Waals surface area contributed by atoms with Crippen molar-refractivity contribution in [1.82, 2.24) is 5.32 Å². The molecule has 122 valence electrons. The number of nitrogens with one attached hydrogen (secondary N) is 1. The van der Waals surface area contributed by atoms with Gasteiger partial charge in [-0.15, -0.1) is 12.6 Å². The summed E-state index contributed by atoms with van der Waals surface area (Å²) in [5.41, 5.74) is 1.10. The van der Waals surface area contributed by atoms with Gasteiger partial charge in [0.2, 0.25) is 5.91 Å². The summed E-state index contributed by atoms with van der Waals surface area (Å²) >= 11 is 8.95. The molecule has 1 unspecified atom stereocenters. The third-order valence-corrected chi connectivity index (χ3v) is 10.3. The van der Waals surface area contributed by atoms with Crippen LogP contribution in [0.15, 0.2) is 30.3 Å². The lowest BCUT2D eigenvalue weighted by molar-refractivity contribution is -0.123. The minimum Gasteiger partial charge on any atom is -0.395 e. The SMILES string of the molecule is CC(Cc1ccccc1)(SSSSC(=S)S)C(=O)NCCO. The van der Waals surface area contributed by atoms with Crippen molar-refractivity contribution in [2.24, 2.45) is 0 Å². The van der Waals surface area contributed by atoms with Gasteiger partial charge in [-0.1, -0.05) is 53.3 Å². The number of carbonyl (C=O) groups is 1. The highest BCUT2D eigenvalue weighted by Crippen LogP contribution is 2.50. The number of hydrogen-bond acceptors (Lipinski definition) is 7. The average Bonchev–Trinajstić information content (AvgIpc) is 2.50. The van der Waals surface area contributed by atoms with E-state index in [1.54, 1.807) is 0 Å². The van der Waals surface area contributed by atoms with Crippen LogP contribution in [0.1, 0.15) is 12.5 Å². The smallest absolute Gasteiger partial charge is 0.237 e. The summed E-state index contributed by atoms with van der Waals surface area (Å²) in [6.45, 7) is 2.11. The highest BCUT2D eigenvalue weighted by molar-refractivity contribution is 9.28. The Bertz CT molecular complexity index is 487. The first-order chi connectivity index (χ1) is 10.5. The molecule has 0 aliphatic carbocycles. The van der Waals surface area contributed by atoms with E-state index >= 15 is 0 Å². The van der Waals surface area contributed by atoms with Crippen molar-refractivity contribution in [3.63, 3.8) is 0 Å². The van der Waals surface area contributed by atoms with Gasteiger partial charge in [0.15, 0.2) is 0 Å². The van der Waals surface area contributed by atoms with E-state index in [2.05, 4.69) is 17.9 Å². The molecule has 0 bridgehead atoms. The number of aliphatic hydroxyl groups is 1. The van der Waals surface area contributed by atoms with Gasteiger partial charge in [-0.25, -0.2) is 0 Å². The second kappa shape index (κ2) is 11.1. The number of hydrogen-bond donors (Lipinski definition) is 3. The van der Waals surface area contributed by atoms with Crippen molar-refractivity contribution < 1.29 is 9.90 Å². The van der Waals surface area contributed by atoms with Gasteiger partial charge in [0.25, 0.3) is 0 Å². The number of aliphatic hydroxyl groups excluding tert-OH is 1. The first-order valence-corrected chi connectivity index (χ1v) is 12.0. The van der Waals surface area contributed by atoms with E-state index < -0.39 is 4.75 Å². The zero-order valence-electron chi connectivity index (χ0n) is 11.9. The van der Waals surface area contributed by atoms with Crippen LogP contribution in [0.4, 0.5) is 0 Å². The largest absolute Gasteiger partial charge is 0.395 e. The fraction of sp³-hybridized carbons (Fsp3) is 0.385. The first-order valence-electron chi connectivity index (χ1n) is 6.33. The topological polar surface area (TPSA) is 49.3 Å². The predicted octanol–water partition coefficient (Wildman–Crippen LogP) is 3.99. The van der Waals surface area contributed by atoms with Crippen molar-refractivity contribution in [2.45, 2.75) is 18.1 Å². The lowest BCUT2D eigenvalue weighted by Gasteiger charge is -2.26. The molecule has 1 aromatic rings. The van der Waals surface area contributed by atoms with Crippen LogP contribution < -0.4 is 5.32 Å². The summed E-state index contributed by atoms with van der Waals surface area (Å²) < 4.78 is -0.0694. The van der Waals surface area contributed by atoms with E-state index in [1.807, 2.05) is 37.3 Å². The van der Waals surface area contributed by atoms with Crippen molar-refractivity contribution in [2.75, 3.05) is 13.2 Å². The van der Waals surface area contributed by atoms with E-state index in [0.29, 0.717) is 9.95 Å². The monoisotopic (exact) mass is 411 g/mol. The Kier molecular flexibility index (Phi) is 10.4. The predicted molar refractivity (Wildman–Crippen MR) is 111 cm³/mol. The lowest BCUT2D eigenvalue weighted by Crippen LogP contribution is -2.44. The number of carbonyl (C=O) groups excluding carboxylic acids is 1. The first kappa shape index (κ1) is 20.5. The minimum atomic E-state index is -0.632. The molecular formula is C13H17NO2S6. The van der Waals surface area contributed by atoms with Crippen LogP contribution in [0.5, 0.6) is 0 Å². The van der Waals surface area contributed by atoms with Crippen molar-refractivity contribution in [3.8, 4) is 0 Å². The molecule has 0 fully saturated rings. The van der Waals surface area contributed by atoms with E-state index in [4.69, 9.17) is 17.3 Å². The highest BCUT2D eigenvalue weighted by Gasteiger charge is 2.34. The van der Waals surface area contributed by atoms with Crippen LogP contribution >= 0.6 is 66.1 Å². The third kappa shape index (κ3) is 7.85. The lowest BCUT2D eigenvalue weighted by atomic mass is 9.99. The van der Waals surface area contributed by atoms with Crippen LogP contribution in [0.3, 0.4) is 0 Å². The molecule has 0 aliphatic rings. The van der Waals surface area contributed by atoms with Crippen molar-refractivity contribution in [1.29, 1.82) is 0 Å². The van der Waals surface area contributed by atoms with Crippen molar-refractivity contribution >= 4 is 75.5 Å². The van der Waals surface area contributed by atoms with Gasteiger partial charge < -0.3 is 10.4 Å². The molecule has 0 spiro atoms. The molecular weight excluding hydrogens is 395 g/mol. The molecule has 22 heavy (non-hydrogen) atoms. The molecule has 1 aromatic carbocycles. The van der Waals surface area contributed by atoms with Gasteiger partial charge >= 0.3 is 0 Å². The Balaban J connectivity index is 2.70. The molecule has 9 heteroatoms. The second-order valence-electron chi connectivity index (χ2n) is 4.44. The van der Waals surface area contributed by atoms with Crippen molar-refractivity contribution in [3.05, 3.63) is 35.9 Å². The molecule has 1 amide bonds. The van der Waals surface area contributed by atoms with E-state index in [0.717, 1.165) is 5.56 Å². The molecule has 0 aromatic heterocycles. The summed E-state index contributed by atoms with van der Waals surface area (Å²) in [5, 5.41) is 11.7. The molecule has 1 rings (SSSR count). The Morgan fingerprint density at radius 1 is 1.36 bits per heavy atom. The molecule has 0 heterocycles.